The lowest BCUT2D eigenvalue weighted by molar-refractivity contribution is 0.100. The second-order valence-corrected chi connectivity index (χ2v) is 11.5. The zero-order valence-electron chi connectivity index (χ0n) is 13.9. The lowest BCUT2D eigenvalue weighted by Crippen LogP contribution is -2.37. The average Bonchev–Trinajstić information content (AvgIpc) is 3.07. The highest BCUT2D eigenvalue weighted by atomic mass is 79.9. The molecule has 140 valence electrons. The summed E-state index contributed by atoms with van der Waals surface area (Å²) in [4.78, 5) is 18.8. The summed E-state index contributed by atoms with van der Waals surface area (Å²) in [7, 11) is -3.08. The molecule has 0 radical (unpaired) electrons. The Hall–Kier alpha value is -1.16. The molecule has 2 unspecified atom stereocenters. The van der Waals surface area contributed by atoms with Crippen molar-refractivity contribution in [3.63, 3.8) is 0 Å². The van der Waals surface area contributed by atoms with Gasteiger partial charge >= 0.3 is 0 Å². The maximum atomic E-state index is 12.6. The van der Waals surface area contributed by atoms with Crippen LogP contribution >= 0.6 is 43.6 Å². The van der Waals surface area contributed by atoms with Gasteiger partial charge in [0, 0.05) is 25.4 Å². The van der Waals surface area contributed by atoms with Crippen LogP contribution in [0.4, 0.5) is 5.69 Å². The zero-order chi connectivity index (χ0) is 19.2. The van der Waals surface area contributed by atoms with E-state index in [1.54, 1.807) is 24.3 Å². The summed E-state index contributed by atoms with van der Waals surface area (Å²) in [5.41, 5.74) is 1.32. The molecule has 2 aliphatic rings. The first kappa shape index (κ1) is 19.2. The second-order valence-electron chi connectivity index (χ2n) is 6.35. The van der Waals surface area contributed by atoms with Crippen molar-refractivity contribution in [2.75, 3.05) is 16.4 Å². The van der Waals surface area contributed by atoms with Gasteiger partial charge in [-0.05, 0) is 48.5 Å². The van der Waals surface area contributed by atoms with Crippen molar-refractivity contribution >= 4 is 70.2 Å². The Labute approximate surface area is 178 Å². The Kier molecular flexibility index (Phi) is 5.22. The Morgan fingerprint density at radius 3 is 2.22 bits per heavy atom. The maximum absolute atomic E-state index is 12.6. The van der Waals surface area contributed by atoms with Crippen LogP contribution in [0.15, 0.2) is 62.5 Å². The van der Waals surface area contributed by atoms with Gasteiger partial charge in [0.15, 0.2) is 15.0 Å². The topological polar surface area (TPSA) is 66.8 Å². The van der Waals surface area contributed by atoms with Crippen LogP contribution in [0, 0.1) is 0 Å². The van der Waals surface area contributed by atoms with Crippen molar-refractivity contribution in [2.24, 2.45) is 4.99 Å². The molecular weight excluding hydrogens is 516 g/mol. The van der Waals surface area contributed by atoms with Crippen LogP contribution in [-0.2, 0) is 9.84 Å². The third kappa shape index (κ3) is 4.01. The Bertz CT molecular complexity index is 1020. The third-order valence-corrected chi connectivity index (χ3v) is 8.73. The number of fused-ring (bicyclic) bond motifs is 1. The van der Waals surface area contributed by atoms with Gasteiger partial charge in [0.05, 0.1) is 17.5 Å². The molecule has 5 nitrogen and oxygen atoms in total. The van der Waals surface area contributed by atoms with Gasteiger partial charge in [-0.25, -0.2) is 8.42 Å². The smallest absolute Gasteiger partial charge is 0.279 e. The fraction of sp³-hybridized carbons (Fsp3) is 0.222. The van der Waals surface area contributed by atoms with E-state index in [0.717, 1.165) is 14.6 Å². The number of hydrogen-bond acceptors (Lipinski definition) is 4. The zero-order valence-corrected chi connectivity index (χ0v) is 18.7. The van der Waals surface area contributed by atoms with Gasteiger partial charge in [-0.15, -0.1) is 0 Å². The summed E-state index contributed by atoms with van der Waals surface area (Å²) < 4.78 is 26.0. The van der Waals surface area contributed by atoms with Crippen LogP contribution in [0.5, 0.6) is 0 Å². The van der Waals surface area contributed by atoms with E-state index in [4.69, 9.17) is 0 Å². The second kappa shape index (κ2) is 7.35. The van der Waals surface area contributed by atoms with Crippen LogP contribution in [0.3, 0.4) is 0 Å². The number of rotatable bonds is 2. The number of carbonyl (C=O) groups is 1. The molecule has 2 atom stereocenters. The number of amides is 1. The minimum absolute atomic E-state index is 0.0756. The molecule has 0 saturated carbocycles. The van der Waals surface area contributed by atoms with E-state index < -0.39 is 9.84 Å². The highest BCUT2D eigenvalue weighted by Crippen LogP contribution is 2.41. The lowest BCUT2D eigenvalue weighted by atomic mass is 10.2. The summed E-state index contributed by atoms with van der Waals surface area (Å²) in [6, 6.07) is 14.4. The van der Waals surface area contributed by atoms with E-state index in [1.807, 2.05) is 29.2 Å². The molecule has 0 bridgehead atoms. The first-order chi connectivity index (χ1) is 12.8. The van der Waals surface area contributed by atoms with Gasteiger partial charge in [-0.1, -0.05) is 43.6 Å². The molecule has 1 amide bonds. The van der Waals surface area contributed by atoms with E-state index >= 15 is 0 Å². The molecule has 2 aliphatic heterocycles. The van der Waals surface area contributed by atoms with Crippen LogP contribution in [0.25, 0.3) is 0 Å². The number of hydrogen-bond donors (Lipinski definition) is 0. The summed E-state index contributed by atoms with van der Waals surface area (Å²) in [5, 5.41) is 0.435. The van der Waals surface area contributed by atoms with Crippen molar-refractivity contribution in [1.29, 1.82) is 0 Å². The number of nitrogens with zero attached hydrogens (tertiary/aromatic N) is 2. The van der Waals surface area contributed by atoms with E-state index in [2.05, 4.69) is 36.9 Å². The monoisotopic (exact) mass is 528 g/mol. The number of sulfone groups is 1. The average molecular weight is 530 g/mol. The van der Waals surface area contributed by atoms with Gasteiger partial charge < -0.3 is 4.90 Å². The molecule has 2 heterocycles. The summed E-state index contributed by atoms with van der Waals surface area (Å²) in [6.07, 6.45) is 0. The Morgan fingerprint density at radius 2 is 1.59 bits per heavy atom. The molecule has 27 heavy (non-hydrogen) atoms. The molecule has 2 fully saturated rings. The molecule has 9 heteroatoms. The number of halogens is 2. The normalized spacial score (nSPS) is 25.0. The van der Waals surface area contributed by atoms with Gasteiger partial charge in [0.1, 0.15) is 0 Å². The molecule has 2 saturated heterocycles. The number of carbonyl (C=O) groups excluding carboxylic acids is 1. The van der Waals surface area contributed by atoms with Crippen molar-refractivity contribution in [2.45, 2.75) is 11.3 Å². The minimum Gasteiger partial charge on any atom is -0.316 e. The van der Waals surface area contributed by atoms with E-state index in [1.165, 1.54) is 11.8 Å². The van der Waals surface area contributed by atoms with Crippen molar-refractivity contribution in [3.8, 4) is 0 Å². The minimum atomic E-state index is -3.08. The predicted molar refractivity (Wildman–Crippen MR) is 116 cm³/mol. The molecular formula is C18H14Br2N2O3S2. The first-order valence-corrected chi connectivity index (χ1v) is 12.4. The summed E-state index contributed by atoms with van der Waals surface area (Å²) in [6.45, 7) is 0. The number of benzene rings is 2. The molecule has 4 rings (SSSR count). The number of aliphatic imine (C=N–C) groups is 1. The molecule has 0 aliphatic carbocycles. The van der Waals surface area contributed by atoms with Gasteiger partial charge in [-0.2, -0.15) is 4.99 Å². The van der Waals surface area contributed by atoms with Gasteiger partial charge in [0.25, 0.3) is 5.91 Å². The molecule has 0 spiro atoms. The standard InChI is InChI=1S/C18H14Br2N2O3S2/c19-12-3-1-11(2-4-12)17(23)21-18-22(14-7-5-13(20)6-8-14)15-9-27(24,25)10-16(15)26-18/h1-8,15-16H,9-10H2. The van der Waals surface area contributed by atoms with Crippen molar-refractivity contribution < 1.29 is 13.2 Å². The van der Waals surface area contributed by atoms with Crippen LogP contribution < -0.4 is 4.90 Å². The van der Waals surface area contributed by atoms with Crippen LogP contribution in [-0.4, -0.2) is 42.3 Å². The SMILES string of the molecule is O=C(N=C1SC2CS(=O)(=O)CC2N1c1ccc(Br)cc1)c1ccc(Br)cc1. The first-order valence-electron chi connectivity index (χ1n) is 8.13. The third-order valence-electron chi connectivity index (χ3n) is 4.46. The fourth-order valence-electron chi connectivity index (χ4n) is 3.21. The predicted octanol–water partition coefficient (Wildman–Crippen LogP) is 4.13. The number of thioether (sulfide) groups is 1. The van der Waals surface area contributed by atoms with Gasteiger partial charge in [-0.3, -0.25) is 4.79 Å². The Morgan fingerprint density at radius 1 is 1.00 bits per heavy atom. The van der Waals surface area contributed by atoms with Crippen LogP contribution in [0.1, 0.15) is 10.4 Å². The molecule has 2 aromatic carbocycles. The number of anilines is 1. The van der Waals surface area contributed by atoms with Crippen LogP contribution in [0.2, 0.25) is 0 Å². The largest absolute Gasteiger partial charge is 0.316 e. The van der Waals surface area contributed by atoms with Gasteiger partial charge in [0.2, 0.25) is 0 Å². The van der Waals surface area contributed by atoms with Crippen molar-refractivity contribution in [3.05, 3.63) is 63.0 Å². The summed E-state index contributed by atoms with van der Waals surface area (Å²) in [5.74, 6) is -0.150. The fourth-order valence-corrected chi connectivity index (χ4v) is 7.65. The molecule has 2 aromatic rings. The van der Waals surface area contributed by atoms with E-state index in [9.17, 15) is 13.2 Å². The summed E-state index contributed by atoms with van der Waals surface area (Å²) >= 11 is 8.14. The lowest BCUT2D eigenvalue weighted by Gasteiger charge is -2.24. The molecule has 0 N–H and O–H groups in total. The quantitative estimate of drug-likeness (QED) is 0.585. The van der Waals surface area contributed by atoms with E-state index in [0.29, 0.717) is 10.7 Å². The molecule has 0 aromatic heterocycles. The number of amidine groups is 1. The maximum Gasteiger partial charge on any atom is 0.279 e. The Balaban J connectivity index is 1.71. The highest BCUT2D eigenvalue weighted by Gasteiger charge is 2.49. The van der Waals surface area contributed by atoms with E-state index in [-0.39, 0.29) is 28.7 Å². The van der Waals surface area contributed by atoms with Crippen molar-refractivity contribution in [1.82, 2.24) is 0 Å². The highest BCUT2D eigenvalue weighted by molar-refractivity contribution is 9.10.